The van der Waals surface area contributed by atoms with Crippen LogP contribution in [0.3, 0.4) is 0 Å². The van der Waals surface area contributed by atoms with Gasteiger partial charge in [0.15, 0.2) is 9.84 Å². The second-order valence-corrected chi connectivity index (χ2v) is 9.11. The van der Waals surface area contributed by atoms with Crippen molar-refractivity contribution in [3.63, 3.8) is 0 Å². The lowest BCUT2D eigenvalue weighted by Crippen LogP contribution is -2.42. The van der Waals surface area contributed by atoms with Gasteiger partial charge >= 0.3 is 6.18 Å². The molecule has 0 radical (unpaired) electrons. The Morgan fingerprint density at radius 1 is 1.14 bits per heavy atom. The molecule has 3 rings (SSSR count). The molecule has 1 atom stereocenters. The zero-order valence-electron chi connectivity index (χ0n) is 14.5. The van der Waals surface area contributed by atoms with Crippen LogP contribution in [-0.2, 0) is 20.3 Å². The van der Waals surface area contributed by atoms with Crippen LogP contribution < -0.4 is 5.48 Å². The van der Waals surface area contributed by atoms with Crippen LogP contribution in [0.2, 0.25) is 10.0 Å². The standard InChI is InChI=1S/C18H11Cl2F3N2O3S/c1-29(26,27)16-3-2-10(4-11(16)9-24)15-8-17(28-25-15,18(21,22)23)12-5-13(19)7-14(20)6-12/h2-8,25H,1H3. The minimum absolute atomic E-state index is 0.00847. The smallest absolute Gasteiger partial charge is 0.265 e. The monoisotopic (exact) mass is 462 g/mol. The Labute approximate surface area is 174 Å². The van der Waals surface area contributed by atoms with Crippen molar-refractivity contribution in [3.8, 4) is 6.07 Å². The van der Waals surface area contributed by atoms with Gasteiger partial charge in [-0.05, 0) is 36.4 Å². The number of alkyl halides is 3. The fourth-order valence-corrected chi connectivity index (χ4v) is 4.21. The minimum atomic E-state index is -4.89. The van der Waals surface area contributed by atoms with E-state index in [4.69, 9.17) is 28.0 Å². The normalized spacial score (nSPS) is 19.4. The summed E-state index contributed by atoms with van der Waals surface area (Å²) in [6, 6.07) is 8.76. The van der Waals surface area contributed by atoms with E-state index in [0.29, 0.717) is 0 Å². The van der Waals surface area contributed by atoms with E-state index in [-0.39, 0.29) is 37.3 Å². The molecule has 1 unspecified atom stereocenters. The first-order chi connectivity index (χ1) is 13.4. The van der Waals surface area contributed by atoms with Crippen LogP contribution in [0.4, 0.5) is 13.2 Å². The predicted octanol–water partition coefficient (Wildman–Crippen LogP) is 4.60. The number of hydrogen-bond donors (Lipinski definition) is 1. The SMILES string of the molecule is CS(=O)(=O)c1ccc(C2=CC(c3cc(Cl)cc(Cl)c3)(C(F)(F)F)ON2)cc1C#N. The van der Waals surface area contributed by atoms with E-state index in [1.54, 1.807) is 6.07 Å². The minimum Gasteiger partial charge on any atom is -0.265 e. The largest absolute Gasteiger partial charge is 0.428 e. The summed E-state index contributed by atoms with van der Waals surface area (Å²) in [7, 11) is -3.69. The summed E-state index contributed by atoms with van der Waals surface area (Å²) in [5, 5.41) is 9.21. The summed E-state index contributed by atoms with van der Waals surface area (Å²) < 4.78 is 65.5. The number of hydrogen-bond acceptors (Lipinski definition) is 5. The van der Waals surface area contributed by atoms with E-state index in [1.807, 2.05) is 0 Å². The predicted molar refractivity (Wildman–Crippen MR) is 101 cm³/mol. The Morgan fingerprint density at radius 2 is 1.76 bits per heavy atom. The Bertz CT molecular complexity index is 1150. The summed E-state index contributed by atoms with van der Waals surface area (Å²) in [4.78, 5) is 4.72. The van der Waals surface area contributed by atoms with Gasteiger partial charge < -0.3 is 0 Å². The van der Waals surface area contributed by atoms with Crippen molar-refractivity contribution in [1.29, 1.82) is 5.26 Å². The number of halogens is 5. The van der Waals surface area contributed by atoms with Gasteiger partial charge in [-0.2, -0.15) is 18.4 Å². The fourth-order valence-electron chi connectivity index (χ4n) is 2.86. The molecular weight excluding hydrogens is 452 g/mol. The summed E-state index contributed by atoms with van der Waals surface area (Å²) in [6.07, 6.45) is -3.18. The quantitative estimate of drug-likeness (QED) is 0.720. The first kappa shape index (κ1) is 21.5. The topological polar surface area (TPSA) is 79.2 Å². The van der Waals surface area contributed by atoms with Crippen LogP contribution in [0.5, 0.6) is 0 Å². The zero-order valence-corrected chi connectivity index (χ0v) is 16.8. The van der Waals surface area contributed by atoms with Gasteiger partial charge in [0.2, 0.25) is 5.60 Å². The lowest BCUT2D eigenvalue weighted by molar-refractivity contribution is -0.269. The van der Waals surface area contributed by atoms with Crippen molar-refractivity contribution in [2.24, 2.45) is 0 Å². The molecule has 0 saturated heterocycles. The van der Waals surface area contributed by atoms with Crippen LogP contribution in [0.15, 0.2) is 47.4 Å². The Kier molecular flexibility index (Phi) is 5.34. The van der Waals surface area contributed by atoms with E-state index >= 15 is 0 Å². The van der Waals surface area contributed by atoms with Crippen molar-refractivity contribution in [2.45, 2.75) is 16.7 Å². The zero-order chi connectivity index (χ0) is 21.6. The third-order valence-corrected chi connectivity index (χ3v) is 5.78. The van der Waals surface area contributed by atoms with E-state index < -0.39 is 21.6 Å². The second-order valence-electron chi connectivity index (χ2n) is 6.25. The van der Waals surface area contributed by atoms with Gasteiger partial charge in [-0.15, -0.1) is 0 Å². The van der Waals surface area contributed by atoms with Gasteiger partial charge in [-0.1, -0.05) is 29.3 Å². The molecule has 0 spiro atoms. The molecule has 1 N–H and O–H groups in total. The molecule has 0 fully saturated rings. The van der Waals surface area contributed by atoms with Crippen LogP contribution in [0, 0.1) is 11.3 Å². The molecule has 0 bridgehead atoms. The number of nitriles is 1. The number of nitrogens with zero attached hydrogens (tertiary/aromatic N) is 1. The highest BCUT2D eigenvalue weighted by molar-refractivity contribution is 7.90. The average Bonchev–Trinajstić information content (AvgIpc) is 3.06. The molecule has 2 aromatic carbocycles. The fraction of sp³-hybridized carbons (Fsp3) is 0.167. The van der Waals surface area contributed by atoms with Crippen LogP contribution in [0.1, 0.15) is 16.7 Å². The summed E-state index contributed by atoms with van der Waals surface area (Å²) in [6.45, 7) is 0. The lowest BCUT2D eigenvalue weighted by atomic mass is 9.91. The maximum atomic E-state index is 14.0. The third kappa shape index (κ3) is 3.94. The van der Waals surface area contributed by atoms with E-state index in [2.05, 4.69) is 5.48 Å². The molecule has 1 aliphatic rings. The molecule has 0 aromatic heterocycles. The maximum Gasteiger partial charge on any atom is 0.428 e. The van der Waals surface area contributed by atoms with Gasteiger partial charge in [-0.3, -0.25) is 10.3 Å². The van der Waals surface area contributed by atoms with Gasteiger partial charge in [0, 0.05) is 27.4 Å². The molecule has 1 aliphatic heterocycles. The van der Waals surface area contributed by atoms with E-state index in [0.717, 1.165) is 36.6 Å². The summed E-state index contributed by atoms with van der Waals surface area (Å²) >= 11 is 11.7. The molecule has 29 heavy (non-hydrogen) atoms. The summed E-state index contributed by atoms with van der Waals surface area (Å²) in [5.41, 5.74) is -1.20. The van der Waals surface area contributed by atoms with Gasteiger partial charge in [0.1, 0.15) is 6.07 Å². The first-order valence-corrected chi connectivity index (χ1v) is 10.5. The molecule has 0 saturated carbocycles. The molecule has 1 heterocycles. The van der Waals surface area contributed by atoms with Crippen LogP contribution in [0.25, 0.3) is 5.70 Å². The molecule has 0 aliphatic carbocycles. The lowest BCUT2D eigenvalue weighted by Gasteiger charge is -2.28. The van der Waals surface area contributed by atoms with E-state index in [9.17, 15) is 26.9 Å². The molecule has 2 aromatic rings. The van der Waals surface area contributed by atoms with Crippen molar-refractivity contribution < 1.29 is 26.4 Å². The highest BCUT2D eigenvalue weighted by Crippen LogP contribution is 2.48. The molecule has 5 nitrogen and oxygen atoms in total. The Balaban J connectivity index is 2.17. The molecule has 0 amide bonds. The highest BCUT2D eigenvalue weighted by atomic mass is 35.5. The van der Waals surface area contributed by atoms with E-state index in [1.165, 1.54) is 12.1 Å². The van der Waals surface area contributed by atoms with Crippen molar-refractivity contribution in [1.82, 2.24) is 5.48 Å². The maximum absolute atomic E-state index is 14.0. The van der Waals surface area contributed by atoms with Gasteiger partial charge in [-0.25, -0.2) is 8.42 Å². The van der Waals surface area contributed by atoms with Crippen molar-refractivity contribution >= 4 is 38.7 Å². The van der Waals surface area contributed by atoms with Gasteiger partial charge in [0.05, 0.1) is 16.2 Å². The summed E-state index contributed by atoms with van der Waals surface area (Å²) in [5.74, 6) is 0. The van der Waals surface area contributed by atoms with Gasteiger partial charge in [0.25, 0.3) is 0 Å². The molecule has 152 valence electrons. The van der Waals surface area contributed by atoms with Crippen LogP contribution >= 0.6 is 23.2 Å². The average molecular weight is 463 g/mol. The number of hydroxylamine groups is 1. The highest BCUT2D eigenvalue weighted by Gasteiger charge is 2.59. The number of nitrogens with one attached hydrogen (secondary N) is 1. The second kappa shape index (κ2) is 7.22. The Hall–Kier alpha value is -2.25. The number of rotatable bonds is 3. The van der Waals surface area contributed by atoms with Crippen molar-refractivity contribution in [3.05, 3.63) is 69.2 Å². The third-order valence-electron chi connectivity index (χ3n) is 4.19. The molecular formula is C18H11Cl2F3N2O3S. The first-order valence-electron chi connectivity index (χ1n) is 7.82. The number of benzene rings is 2. The molecule has 11 heteroatoms. The Morgan fingerprint density at radius 3 is 2.28 bits per heavy atom. The van der Waals surface area contributed by atoms with Crippen LogP contribution in [-0.4, -0.2) is 20.8 Å². The number of sulfone groups is 1. The van der Waals surface area contributed by atoms with Crippen molar-refractivity contribution in [2.75, 3.05) is 6.26 Å².